The number of esters is 1. The molecule has 1 amide bonds. The lowest BCUT2D eigenvalue weighted by Crippen LogP contribution is -2.27. The molecule has 0 radical (unpaired) electrons. The third-order valence-electron chi connectivity index (χ3n) is 2.81. The largest absolute Gasteiger partial charge is 0.465 e. The van der Waals surface area contributed by atoms with E-state index in [0.29, 0.717) is 24.3 Å². The van der Waals surface area contributed by atoms with E-state index in [9.17, 15) is 9.59 Å². The van der Waals surface area contributed by atoms with E-state index in [1.807, 2.05) is 0 Å². The molecule has 1 fully saturated rings. The number of benzene rings is 1. The normalized spacial score (nSPS) is 18.4. The highest BCUT2D eigenvalue weighted by Crippen LogP contribution is 2.19. The van der Waals surface area contributed by atoms with Crippen LogP contribution in [0.1, 0.15) is 23.2 Å². The van der Waals surface area contributed by atoms with E-state index in [4.69, 9.17) is 4.74 Å². The molecule has 0 bridgehead atoms. The summed E-state index contributed by atoms with van der Waals surface area (Å²) < 4.78 is 9.95. The fourth-order valence-electron chi connectivity index (χ4n) is 1.88. The Morgan fingerprint density at radius 2 is 2.17 bits per heavy atom. The third-order valence-corrected chi connectivity index (χ3v) is 2.81. The zero-order valence-corrected chi connectivity index (χ0v) is 10.1. The standard InChI is InChI=1S/C13H15NO4/c1-17-13(16)9-5-2-3-6-10(9)14-12(15)11-7-4-8-18-11/h2-3,5-6,11H,4,7-8H2,1H3,(H,14,15)/t11-/m1/s1. The quantitative estimate of drug-likeness (QED) is 0.826. The molecule has 5 heteroatoms. The number of nitrogens with one attached hydrogen (secondary N) is 1. The molecular weight excluding hydrogens is 234 g/mol. The number of para-hydroxylation sites is 1. The van der Waals surface area contributed by atoms with Gasteiger partial charge in [0.05, 0.1) is 18.4 Å². The van der Waals surface area contributed by atoms with E-state index < -0.39 is 12.1 Å². The minimum absolute atomic E-state index is 0.219. The first-order valence-electron chi connectivity index (χ1n) is 5.82. The second-order valence-corrected chi connectivity index (χ2v) is 4.03. The van der Waals surface area contributed by atoms with Gasteiger partial charge in [-0.15, -0.1) is 0 Å². The Morgan fingerprint density at radius 3 is 2.83 bits per heavy atom. The second kappa shape index (κ2) is 5.64. The molecule has 18 heavy (non-hydrogen) atoms. The van der Waals surface area contributed by atoms with E-state index in [0.717, 1.165) is 6.42 Å². The van der Waals surface area contributed by atoms with Crippen molar-refractivity contribution in [2.45, 2.75) is 18.9 Å². The Morgan fingerprint density at radius 1 is 1.39 bits per heavy atom. The van der Waals surface area contributed by atoms with Gasteiger partial charge in [0.2, 0.25) is 0 Å². The van der Waals surface area contributed by atoms with Crippen LogP contribution in [-0.4, -0.2) is 31.7 Å². The molecule has 1 aliphatic rings. The van der Waals surface area contributed by atoms with Crippen molar-refractivity contribution < 1.29 is 19.1 Å². The number of hydrogen-bond donors (Lipinski definition) is 1. The molecule has 96 valence electrons. The summed E-state index contributed by atoms with van der Waals surface area (Å²) in [6.45, 7) is 0.608. The number of ether oxygens (including phenoxy) is 2. The highest BCUT2D eigenvalue weighted by Gasteiger charge is 2.24. The fourth-order valence-corrected chi connectivity index (χ4v) is 1.88. The average Bonchev–Trinajstić information content (AvgIpc) is 2.92. The smallest absolute Gasteiger partial charge is 0.339 e. The van der Waals surface area contributed by atoms with Crippen molar-refractivity contribution in [3.05, 3.63) is 29.8 Å². The Balaban J connectivity index is 2.13. The summed E-state index contributed by atoms with van der Waals surface area (Å²) in [5, 5.41) is 2.70. The first-order chi connectivity index (χ1) is 8.72. The molecule has 1 aromatic rings. The monoisotopic (exact) mass is 249 g/mol. The Bertz CT molecular complexity index is 452. The summed E-state index contributed by atoms with van der Waals surface area (Å²) in [5.74, 6) is -0.693. The van der Waals surface area contributed by atoms with Crippen LogP contribution >= 0.6 is 0 Å². The fraction of sp³-hybridized carbons (Fsp3) is 0.385. The van der Waals surface area contributed by atoms with E-state index in [1.54, 1.807) is 24.3 Å². The lowest BCUT2D eigenvalue weighted by molar-refractivity contribution is -0.124. The molecule has 1 heterocycles. The van der Waals surface area contributed by atoms with Gasteiger partial charge in [0.25, 0.3) is 5.91 Å². The van der Waals surface area contributed by atoms with Gasteiger partial charge in [-0.25, -0.2) is 4.79 Å². The predicted molar refractivity (Wildman–Crippen MR) is 65.4 cm³/mol. The molecule has 1 saturated heterocycles. The van der Waals surface area contributed by atoms with Crippen molar-refractivity contribution in [1.82, 2.24) is 0 Å². The number of anilines is 1. The maximum absolute atomic E-state index is 11.9. The van der Waals surface area contributed by atoms with Crippen molar-refractivity contribution in [1.29, 1.82) is 0 Å². The highest BCUT2D eigenvalue weighted by atomic mass is 16.5. The van der Waals surface area contributed by atoms with Crippen molar-refractivity contribution in [3.63, 3.8) is 0 Å². The minimum Gasteiger partial charge on any atom is -0.465 e. The maximum Gasteiger partial charge on any atom is 0.339 e. The molecule has 1 N–H and O–H groups in total. The lowest BCUT2D eigenvalue weighted by atomic mass is 10.1. The number of rotatable bonds is 3. The molecule has 1 aromatic carbocycles. The van der Waals surface area contributed by atoms with Crippen LogP contribution in [0.5, 0.6) is 0 Å². The molecule has 2 rings (SSSR count). The van der Waals surface area contributed by atoms with Gasteiger partial charge in [-0.05, 0) is 25.0 Å². The van der Waals surface area contributed by atoms with E-state index in [2.05, 4.69) is 10.1 Å². The first kappa shape index (κ1) is 12.6. The molecule has 1 aliphatic heterocycles. The lowest BCUT2D eigenvalue weighted by Gasteiger charge is -2.12. The average molecular weight is 249 g/mol. The first-order valence-corrected chi connectivity index (χ1v) is 5.82. The van der Waals surface area contributed by atoms with Crippen LogP contribution in [0.2, 0.25) is 0 Å². The molecule has 0 saturated carbocycles. The van der Waals surface area contributed by atoms with Crippen LogP contribution in [0.25, 0.3) is 0 Å². The van der Waals surface area contributed by atoms with Crippen LogP contribution in [0.3, 0.4) is 0 Å². The topological polar surface area (TPSA) is 64.6 Å². The Hall–Kier alpha value is -1.88. The van der Waals surface area contributed by atoms with Gasteiger partial charge in [0.1, 0.15) is 6.10 Å². The summed E-state index contributed by atoms with van der Waals surface area (Å²) >= 11 is 0. The van der Waals surface area contributed by atoms with Gasteiger partial charge in [-0.3, -0.25) is 4.79 Å². The van der Waals surface area contributed by atoms with Crippen molar-refractivity contribution in [2.75, 3.05) is 19.0 Å². The molecular formula is C13H15NO4. The predicted octanol–water partition coefficient (Wildman–Crippen LogP) is 1.59. The van der Waals surface area contributed by atoms with Gasteiger partial charge in [-0.2, -0.15) is 0 Å². The van der Waals surface area contributed by atoms with Gasteiger partial charge < -0.3 is 14.8 Å². The van der Waals surface area contributed by atoms with E-state index >= 15 is 0 Å². The van der Waals surface area contributed by atoms with E-state index in [1.165, 1.54) is 7.11 Å². The zero-order valence-electron chi connectivity index (χ0n) is 10.1. The number of carbonyl (C=O) groups is 2. The molecule has 0 aromatic heterocycles. The van der Waals surface area contributed by atoms with Crippen molar-refractivity contribution in [2.24, 2.45) is 0 Å². The van der Waals surface area contributed by atoms with Crippen LogP contribution < -0.4 is 5.32 Å². The second-order valence-electron chi connectivity index (χ2n) is 4.03. The Labute approximate surface area is 105 Å². The Kier molecular flexibility index (Phi) is 3.94. The van der Waals surface area contributed by atoms with Crippen LogP contribution in [0.4, 0.5) is 5.69 Å². The van der Waals surface area contributed by atoms with Gasteiger partial charge in [0, 0.05) is 6.61 Å². The molecule has 1 atom stereocenters. The molecule has 0 aliphatic carbocycles. The van der Waals surface area contributed by atoms with Crippen LogP contribution in [0, 0.1) is 0 Å². The van der Waals surface area contributed by atoms with Crippen LogP contribution in [-0.2, 0) is 14.3 Å². The maximum atomic E-state index is 11.9. The van der Waals surface area contributed by atoms with Crippen LogP contribution in [0.15, 0.2) is 24.3 Å². The van der Waals surface area contributed by atoms with Gasteiger partial charge >= 0.3 is 5.97 Å². The summed E-state index contributed by atoms with van der Waals surface area (Å²) in [4.78, 5) is 23.4. The highest BCUT2D eigenvalue weighted by molar-refractivity contribution is 6.02. The van der Waals surface area contributed by atoms with Crippen molar-refractivity contribution in [3.8, 4) is 0 Å². The number of carbonyl (C=O) groups excluding carboxylic acids is 2. The summed E-state index contributed by atoms with van der Waals surface area (Å²) in [6.07, 6.45) is 1.18. The summed E-state index contributed by atoms with van der Waals surface area (Å²) in [7, 11) is 1.31. The van der Waals surface area contributed by atoms with Crippen molar-refractivity contribution >= 4 is 17.6 Å². The molecule has 0 unspecified atom stereocenters. The number of methoxy groups -OCH3 is 1. The van der Waals surface area contributed by atoms with Gasteiger partial charge in [0.15, 0.2) is 0 Å². The molecule has 5 nitrogen and oxygen atoms in total. The SMILES string of the molecule is COC(=O)c1ccccc1NC(=O)[C@H]1CCCO1. The summed E-state index contributed by atoms with van der Waals surface area (Å²) in [6, 6.07) is 6.74. The zero-order chi connectivity index (χ0) is 13.0. The van der Waals surface area contributed by atoms with Gasteiger partial charge in [-0.1, -0.05) is 12.1 Å². The third kappa shape index (κ3) is 2.68. The molecule has 0 spiro atoms. The van der Waals surface area contributed by atoms with E-state index in [-0.39, 0.29) is 5.91 Å². The summed E-state index contributed by atoms with van der Waals surface area (Å²) in [5.41, 5.74) is 0.788. The number of hydrogen-bond acceptors (Lipinski definition) is 4. The minimum atomic E-state index is -0.474. The number of amides is 1.